The molecule has 6 nitrogen and oxygen atoms in total. The lowest BCUT2D eigenvalue weighted by molar-refractivity contribution is 0.0681. The number of ether oxygens (including phenoxy) is 1. The van der Waals surface area contributed by atoms with Gasteiger partial charge in [0.2, 0.25) is 0 Å². The summed E-state index contributed by atoms with van der Waals surface area (Å²) in [4.78, 5) is 11.1. The van der Waals surface area contributed by atoms with E-state index in [9.17, 15) is 9.90 Å². The number of aromatic hydroxyl groups is 1. The summed E-state index contributed by atoms with van der Waals surface area (Å²) in [6, 6.07) is 7.85. The molecule has 1 aromatic carbocycles. The molecule has 0 saturated carbocycles. The topological polar surface area (TPSA) is 84.6 Å². The van der Waals surface area contributed by atoms with Crippen LogP contribution in [0.5, 0.6) is 11.5 Å². The number of aromatic nitrogens is 2. The van der Waals surface area contributed by atoms with Crippen molar-refractivity contribution in [3.8, 4) is 11.5 Å². The molecule has 20 heavy (non-hydrogen) atoms. The lowest BCUT2D eigenvalue weighted by Gasteiger charge is -2.07. The fourth-order valence-corrected chi connectivity index (χ4v) is 1.80. The molecule has 0 aliphatic carbocycles. The van der Waals surface area contributed by atoms with Crippen LogP contribution in [0.25, 0.3) is 0 Å². The van der Waals surface area contributed by atoms with E-state index in [1.54, 1.807) is 18.2 Å². The third-order valence-corrected chi connectivity index (χ3v) is 2.70. The van der Waals surface area contributed by atoms with Gasteiger partial charge >= 0.3 is 5.97 Å². The van der Waals surface area contributed by atoms with Gasteiger partial charge in [0.15, 0.2) is 0 Å². The zero-order valence-corrected chi connectivity index (χ0v) is 11.3. The molecule has 0 bridgehead atoms. The number of aromatic carboxylic acids is 1. The molecule has 0 unspecified atom stereocenters. The molecule has 2 N–H and O–H groups in total. The molecule has 0 amide bonds. The minimum atomic E-state index is -1.02. The van der Waals surface area contributed by atoms with Crippen LogP contribution < -0.4 is 4.74 Å². The first-order valence-electron chi connectivity index (χ1n) is 6.21. The van der Waals surface area contributed by atoms with Crippen LogP contribution >= 0.6 is 0 Å². The second-order valence-corrected chi connectivity index (χ2v) is 4.65. The molecule has 0 aliphatic heterocycles. The number of carbonyl (C=O) groups is 1. The molecule has 0 saturated heterocycles. The normalized spacial score (nSPS) is 10.8. The summed E-state index contributed by atoms with van der Waals surface area (Å²) in [7, 11) is 0. The van der Waals surface area contributed by atoms with E-state index in [-0.39, 0.29) is 24.1 Å². The predicted molar refractivity (Wildman–Crippen MR) is 72.0 cm³/mol. The largest absolute Gasteiger partial charge is 0.508 e. The quantitative estimate of drug-likeness (QED) is 0.876. The third-order valence-electron chi connectivity index (χ3n) is 2.70. The van der Waals surface area contributed by atoms with E-state index < -0.39 is 5.97 Å². The van der Waals surface area contributed by atoms with Crippen molar-refractivity contribution in [2.24, 2.45) is 0 Å². The molecule has 0 spiro atoms. The highest BCUT2D eigenvalue weighted by atomic mass is 16.5. The number of nitrogens with zero attached hydrogens (tertiary/aromatic N) is 2. The van der Waals surface area contributed by atoms with Crippen molar-refractivity contribution in [2.45, 2.75) is 26.5 Å². The molecule has 6 heteroatoms. The summed E-state index contributed by atoms with van der Waals surface area (Å²) in [5.74, 6) is -0.405. The second-order valence-electron chi connectivity index (χ2n) is 4.65. The number of phenolic OH excluding ortho intramolecular Hbond substituents is 1. The predicted octanol–water partition coefficient (Wildman–Crippen LogP) is 2.45. The first kappa shape index (κ1) is 13.9. The molecule has 2 aromatic rings. The number of hydrogen-bond donors (Lipinski definition) is 2. The van der Waals surface area contributed by atoms with Crippen LogP contribution in [0.15, 0.2) is 30.3 Å². The summed E-state index contributed by atoms with van der Waals surface area (Å²) >= 11 is 0. The maximum Gasteiger partial charge on any atom is 0.354 e. The Labute approximate surface area is 116 Å². The molecule has 0 aliphatic rings. The van der Waals surface area contributed by atoms with Gasteiger partial charge in [-0.25, -0.2) is 4.79 Å². The Kier molecular flexibility index (Phi) is 3.93. The summed E-state index contributed by atoms with van der Waals surface area (Å²) in [6.07, 6.45) is 0. The maximum atomic E-state index is 11.1. The van der Waals surface area contributed by atoms with E-state index in [4.69, 9.17) is 9.84 Å². The first-order chi connectivity index (χ1) is 9.47. The number of phenols is 1. The van der Waals surface area contributed by atoms with Gasteiger partial charge in [-0.15, -0.1) is 0 Å². The van der Waals surface area contributed by atoms with Crippen molar-refractivity contribution in [3.63, 3.8) is 0 Å². The minimum absolute atomic E-state index is 0.0457. The standard InChI is InChI=1S/C14H16N2O4/c1-9(2)16-13(14(18)19)6-10(15-16)8-20-12-5-3-4-11(17)7-12/h3-7,9,17H,8H2,1-2H3,(H,18,19). The van der Waals surface area contributed by atoms with Gasteiger partial charge in [-0.1, -0.05) is 6.07 Å². The average molecular weight is 276 g/mol. The fourth-order valence-electron chi connectivity index (χ4n) is 1.80. The van der Waals surface area contributed by atoms with Gasteiger partial charge < -0.3 is 14.9 Å². The third kappa shape index (κ3) is 3.09. The van der Waals surface area contributed by atoms with Crippen LogP contribution in [-0.2, 0) is 6.61 Å². The molecular weight excluding hydrogens is 260 g/mol. The zero-order chi connectivity index (χ0) is 14.7. The van der Waals surface area contributed by atoms with E-state index in [0.717, 1.165) is 0 Å². The van der Waals surface area contributed by atoms with Crippen molar-refractivity contribution in [3.05, 3.63) is 41.7 Å². The molecule has 1 heterocycles. The van der Waals surface area contributed by atoms with Gasteiger partial charge in [0.1, 0.15) is 29.5 Å². The van der Waals surface area contributed by atoms with E-state index in [1.807, 2.05) is 13.8 Å². The summed E-state index contributed by atoms with van der Waals surface area (Å²) in [5, 5.41) is 22.7. The number of hydrogen-bond acceptors (Lipinski definition) is 4. The minimum Gasteiger partial charge on any atom is -0.508 e. The zero-order valence-electron chi connectivity index (χ0n) is 11.3. The van der Waals surface area contributed by atoms with Gasteiger partial charge in [-0.3, -0.25) is 4.68 Å². The van der Waals surface area contributed by atoms with Gasteiger partial charge in [-0.05, 0) is 32.0 Å². The number of carboxylic acid groups (broad SMARTS) is 1. The Bertz CT molecular complexity index is 619. The highest BCUT2D eigenvalue weighted by molar-refractivity contribution is 5.85. The van der Waals surface area contributed by atoms with Gasteiger partial charge in [0.25, 0.3) is 0 Å². The Morgan fingerprint density at radius 3 is 2.70 bits per heavy atom. The Morgan fingerprint density at radius 1 is 1.40 bits per heavy atom. The van der Waals surface area contributed by atoms with Crippen LogP contribution in [0.4, 0.5) is 0 Å². The van der Waals surface area contributed by atoms with Crippen LogP contribution in [0.1, 0.15) is 36.1 Å². The molecule has 0 fully saturated rings. The monoisotopic (exact) mass is 276 g/mol. The maximum absolute atomic E-state index is 11.1. The van der Waals surface area contributed by atoms with E-state index in [2.05, 4.69) is 5.10 Å². The summed E-state index contributed by atoms with van der Waals surface area (Å²) < 4.78 is 6.92. The Balaban J connectivity index is 2.14. The number of benzene rings is 1. The SMILES string of the molecule is CC(C)n1nc(COc2cccc(O)c2)cc1C(=O)O. The highest BCUT2D eigenvalue weighted by Crippen LogP contribution is 2.19. The summed E-state index contributed by atoms with van der Waals surface area (Å²) in [6.45, 7) is 3.86. The van der Waals surface area contributed by atoms with Gasteiger partial charge in [0.05, 0.1) is 0 Å². The smallest absolute Gasteiger partial charge is 0.354 e. The number of carboxylic acids is 1. The van der Waals surface area contributed by atoms with Gasteiger partial charge in [0, 0.05) is 12.1 Å². The fraction of sp³-hybridized carbons (Fsp3) is 0.286. The van der Waals surface area contributed by atoms with Crippen molar-refractivity contribution < 1.29 is 19.7 Å². The van der Waals surface area contributed by atoms with Crippen LogP contribution in [0.2, 0.25) is 0 Å². The lowest BCUT2D eigenvalue weighted by Crippen LogP contribution is -2.12. The average Bonchev–Trinajstić information content (AvgIpc) is 2.81. The Morgan fingerprint density at radius 2 is 2.15 bits per heavy atom. The van der Waals surface area contributed by atoms with E-state index in [0.29, 0.717) is 11.4 Å². The van der Waals surface area contributed by atoms with Crippen LogP contribution in [-0.4, -0.2) is 26.0 Å². The van der Waals surface area contributed by atoms with Crippen molar-refractivity contribution in [2.75, 3.05) is 0 Å². The molecular formula is C14H16N2O4. The van der Waals surface area contributed by atoms with Crippen molar-refractivity contribution in [1.29, 1.82) is 0 Å². The first-order valence-corrected chi connectivity index (χ1v) is 6.21. The Hall–Kier alpha value is -2.50. The number of rotatable bonds is 5. The van der Waals surface area contributed by atoms with Gasteiger partial charge in [-0.2, -0.15) is 5.10 Å². The molecule has 1 aromatic heterocycles. The molecule has 2 rings (SSSR count). The highest BCUT2D eigenvalue weighted by Gasteiger charge is 2.16. The molecule has 0 atom stereocenters. The van der Waals surface area contributed by atoms with E-state index >= 15 is 0 Å². The van der Waals surface area contributed by atoms with Crippen LogP contribution in [0.3, 0.4) is 0 Å². The molecule has 106 valence electrons. The van der Waals surface area contributed by atoms with Crippen molar-refractivity contribution in [1.82, 2.24) is 9.78 Å². The van der Waals surface area contributed by atoms with Crippen molar-refractivity contribution >= 4 is 5.97 Å². The summed E-state index contributed by atoms with van der Waals surface area (Å²) in [5.41, 5.74) is 0.661. The second kappa shape index (κ2) is 5.64. The lowest BCUT2D eigenvalue weighted by atomic mass is 10.3. The van der Waals surface area contributed by atoms with E-state index in [1.165, 1.54) is 16.8 Å². The molecule has 0 radical (unpaired) electrons. The van der Waals surface area contributed by atoms with Crippen LogP contribution in [0, 0.1) is 0 Å².